The Labute approximate surface area is 170 Å². The highest BCUT2D eigenvalue weighted by atomic mass is 16.2. The number of para-hydroxylation sites is 1. The van der Waals surface area contributed by atoms with Crippen molar-refractivity contribution in [3.05, 3.63) is 95.8 Å². The van der Waals surface area contributed by atoms with Crippen molar-refractivity contribution < 1.29 is 4.79 Å². The van der Waals surface area contributed by atoms with Crippen molar-refractivity contribution in [1.82, 2.24) is 10.3 Å². The van der Waals surface area contributed by atoms with Gasteiger partial charge in [-0.05, 0) is 53.1 Å². The Bertz CT molecular complexity index is 1150. The van der Waals surface area contributed by atoms with Crippen LogP contribution in [0.5, 0.6) is 0 Å². The molecule has 0 fully saturated rings. The summed E-state index contributed by atoms with van der Waals surface area (Å²) < 4.78 is 0. The first-order chi connectivity index (χ1) is 14.1. The molecule has 0 spiro atoms. The van der Waals surface area contributed by atoms with Crippen LogP contribution >= 0.6 is 0 Å². The van der Waals surface area contributed by atoms with Crippen LogP contribution in [-0.4, -0.2) is 11.0 Å². The quantitative estimate of drug-likeness (QED) is 0.466. The number of fused-ring (bicyclic) bond motifs is 1. The number of carbonyl (C=O) groups excluding carboxylic acids is 1. The minimum absolute atomic E-state index is 0.216. The van der Waals surface area contributed by atoms with E-state index in [2.05, 4.69) is 39.9 Å². The fourth-order valence-electron chi connectivity index (χ4n) is 3.62. The van der Waals surface area contributed by atoms with E-state index in [4.69, 9.17) is 0 Å². The molecule has 4 aromatic rings. The number of amides is 2. The monoisotopic (exact) mass is 381 g/mol. The first-order valence-corrected chi connectivity index (χ1v) is 9.65. The number of aryl methyl sites for hydroxylation is 2. The van der Waals surface area contributed by atoms with Crippen molar-refractivity contribution in [3.8, 4) is 11.1 Å². The zero-order valence-electron chi connectivity index (χ0n) is 16.6. The SMILES string of the molecule is Cc1cccc(C)c1NC(=O)NCc1ccc(-c2ccccc2)c2ccncc12. The minimum Gasteiger partial charge on any atom is -0.334 e. The van der Waals surface area contributed by atoms with E-state index in [0.717, 1.165) is 44.3 Å². The van der Waals surface area contributed by atoms with Gasteiger partial charge >= 0.3 is 6.03 Å². The number of aromatic nitrogens is 1. The number of rotatable bonds is 4. The van der Waals surface area contributed by atoms with Crippen LogP contribution in [0.15, 0.2) is 79.1 Å². The van der Waals surface area contributed by atoms with Gasteiger partial charge in [0, 0.05) is 30.0 Å². The van der Waals surface area contributed by atoms with E-state index in [-0.39, 0.29) is 6.03 Å². The lowest BCUT2D eigenvalue weighted by molar-refractivity contribution is 0.251. The van der Waals surface area contributed by atoms with Crippen LogP contribution in [0.1, 0.15) is 16.7 Å². The third kappa shape index (κ3) is 3.97. The fourth-order valence-corrected chi connectivity index (χ4v) is 3.62. The van der Waals surface area contributed by atoms with Crippen molar-refractivity contribution in [3.63, 3.8) is 0 Å². The Morgan fingerprint density at radius 3 is 2.38 bits per heavy atom. The molecule has 1 aromatic heterocycles. The average molecular weight is 381 g/mol. The average Bonchev–Trinajstić information content (AvgIpc) is 2.75. The maximum Gasteiger partial charge on any atom is 0.319 e. The highest BCUT2D eigenvalue weighted by Crippen LogP contribution is 2.30. The van der Waals surface area contributed by atoms with Crippen LogP contribution in [0.4, 0.5) is 10.5 Å². The Morgan fingerprint density at radius 1 is 0.862 bits per heavy atom. The Morgan fingerprint density at radius 2 is 1.62 bits per heavy atom. The standard InChI is InChI=1S/C25H23N3O/c1-17-7-6-8-18(2)24(17)28-25(29)27-15-20-11-12-21(19-9-4-3-5-10-19)22-13-14-26-16-23(20)22/h3-14,16H,15H2,1-2H3,(H2,27,28,29). The zero-order chi connectivity index (χ0) is 20.2. The van der Waals surface area contributed by atoms with E-state index in [1.807, 2.05) is 62.5 Å². The number of nitrogens with zero attached hydrogens (tertiary/aromatic N) is 1. The summed E-state index contributed by atoms with van der Waals surface area (Å²) in [7, 11) is 0. The van der Waals surface area contributed by atoms with Crippen molar-refractivity contribution in [2.45, 2.75) is 20.4 Å². The van der Waals surface area contributed by atoms with Gasteiger partial charge in [-0.1, -0.05) is 60.7 Å². The Balaban J connectivity index is 1.57. The van der Waals surface area contributed by atoms with Gasteiger partial charge < -0.3 is 10.6 Å². The van der Waals surface area contributed by atoms with Crippen LogP contribution in [0.3, 0.4) is 0 Å². The summed E-state index contributed by atoms with van der Waals surface area (Å²) in [5, 5.41) is 8.11. The number of pyridine rings is 1. The van der Waals surface area contributed by atoms with Crippen LogP contribution < -0.4 is 10.6 Å². The summed E-state index contributed by atoms with van der Waals surface area (Å²) in [5.41, 5.74) is 6.30. The molecule has 2 N–H and O–H groups in total. The van der Waals surface area contributed by atoms with E-state index in [1.165, 1.54) is 0 Å². The van der Waals surface area contributed by atoms with Gasteiger partial charge in [0.25, 0.3) is 0 Å². The molecule has 0 unspecified atom stereocenters. The number of carbonyl (C=O) groups is 1. The largest absolute Gasteiger partial charge is 0.334 e. The second-order valence-electron chi connectivity index (χ2n) is 7.13. The summed E-state index contributed by atoms with van der Waals surface area (Å²) in [6.07, 6.45) is 3.67. The van der Waals surface area contributed by atoms with Crippen molar-refractivity contribution in [2.75, 3.05) is 5.32 Å². The smallest absolute Gasteiger partial charge is 0.319 e. The number of nitrogens with one attached hydrogen (secondary N) is 2. The third-order valence-corrected chi connectivity index (χ3v) is 5.15. The van der Waals surface area contributed by atoms with Crippen molar-refractivity contribution >= 4 is 22.5 Å². The molecule has 144 valence electrons. The lowest BCUT2D eigenvalue weighted by atomic mass is 9.96. The molecule has 0 aliphatic rings. The molecule has 0 aliphatic carbocycles. The molecular formula is C25H23N3O. The molecule has 4 heteroatoms. The molecule has 0 bridgehead atoms. The number of urea groups is 1. The maximum absolute atomic E-state index is 12.5. The van der Waals surface area contributed by atoms with Crippen LogP contribution in [-0.2, 0) is 6.54 Å². The molecule has 3 aromatic carbocycles. The second kappa shape index (κ2) is 8.15. The van der Waals surface area contributed by atoms with E-state index in [1.54, 1.807) is 6.20 Å². The third-order valence-electron chi connectivity index (χ3n) is 5.15. The van der Waals surface area contributed by atoms with E-state index in [9.17, 15) is 4.79 Å². The van der Waals surface area contributed by atoms with E-state index < -0.39 is 0 Å². The summed E-state index contributed by atoms with van der Waals surface area (Å²) in [6.45, 7) is 4.40. The predicted octanol–water partition coefficient (Wildman–Crippen LogP) is 5.84. The maximum atomic E-state index is 12.5. The molecule has 29 heavy (non-hydrogen) atoms. The Hall–Kier alpha value is -3.66. The second-order valence-corrected chi connectivity index (χ2v) is 7.13. The highest BCUT2D eigenvalue weighted by molar-refractivity contribution is 5.98. The topological polar surface area (TPSA) is 54.0 Å². The minimum atomic E-state index is -0.216. The van der Waals surface area contributed by atoms with Gasteiger partial charge in [-0.3, -0.25) is 4.98 Å². The van der Waals surface area contributed by atoms with Gasteiger partial charge in [0.15, 0.2) is 0 Å². The number of benzene rings is 3. The van der Waals surface area contributed by atoms with Gasteiger partial charge in [-0.2, -0.15) is 0 Å². The number of hydrogen-bond donors (Lipinski definition) is 2. The molecule has 0 aliphatic heterocycles. The lowest BCUT2D eigenvalue weighted by Crippen LogP contribution is -2.28. The molecule has 2 amide bonds. The lowest BCUT2D eigenvalue weighted by Gasteiger charge is -2.14. The number of anilines is 1. The molecule has 0 radical (unpaired) electrons. The Kier molecular flexibility index (Phi) is 5.25. The van der Waals surface area contributed by atoms with E-state index >= 15 is 0 Å². The van der Waals surface area contributed by atoms with Gasteiger partial charge in [0.05, 0.1) is 0 Å². The zero-order valence-corrected chi connectivity index (χ0v) is 16.6. The van der Waals surface area contributed by atoms with Gasteiger partial charge in [-0.15, -0.1) is 0 Å². The van der Waals surface area contributed by atoms with Crippen LogP contribution in [0.2, 0.25) is 0 Å². The van der Waals surface area contributed by atoms with Crippen LogP contribution in [0.25, 0.3) is 21.9 Å². The van der Waals surface area contributed by atoms with Gasteiger partial charge in [0.1, 0.15) is 0 Å². The van der Waals surface area contributed by atoms with Crippen molar-refractivity contribution in [2.24, 2.45) is 0 Å². The molecule has 0 saturated carbocycles. The predicted molar refractivity (Wildman–Crippen MR) is 119 cm³/mol. The molecular weight excluding hydrogens is 358 g/mol. The van der Waals surface area contributed by atoms with Gasteiger partial charge in [-0.25, -0.2) is 4.79 Å². The normalized spacial score (nSPS) is 10.7. The van der Waals surface area contributed by atoms with E-state index in [0.29, 0.717) is 6.54 Å². The first kappa shape index (κ1) is 18.7. The summed E-state index contributed by atoms with van der Waals surface area (Å²) >= 11 is 0. The summed E-state index contributed by atoms with van der Waals surface area (Å²) in [6, 6.07) is 22.2. The fraction of sp³-hybridized carbons (Fsp3) is 0.120. The number of hydrogen-bond acceptors (Lipinski definition) is 2. The first-order valence-electron chi connectivity index (χ1n) is 9.65. The summed E-state index contributed by atoms with van der Waals surface area (Å²) in [4.78, 5) is 16.8. The molecule has 4 nitrogen and oxygen atoms in total. The van der Waals surface area contributed by atoms with Crippen molar-refractivity contribution in [1.29, 1.82) is 0 Å². The van der Waals surface area contributed by atoms with Gasteiger partial charge in [0.2, 0.25) is 0 Å². The summed E-state index contributed by atoms with van der Waals surface area (Å²) in [5.74, 6) is 0. The van der Waals surface area contributed by atoms with Crippen LogP contribution in [0, 0.1) is 13.8 Å². The molecule has 0 saturated heterocycles. The molecule has 1 heterocycles. The molecule has 0 atom stereocenters. The highest BCUT2D eigenvalue weighted by Gasteiger charge is 2.10. The molecule has 4 rings (SSSR count).